The first-order valence-electron chi connectivity index (χ1n) is 8.50. The van der Waals surface area contributed by atoms with Crippen molar-refractivity contribution >= 4 is 34.6 Å². The lowest BCUT2D eigenvalue weighted by Gasteiger charge is -2.11. The number of rotatable bonds is 5. The molecule has 8 nitrogen and oxygen atoms in total. The lowest BCUT2D eigenvalue weighted by molar-refractivity contribution is -0.384. The van der Waals surface area contributed by atoms with Crippen LogP contribution < -0.4 is 11.1 Å². The molecule has 2 aromatic heterocycles. The third-order valence-electron chi connectivity index (χ3n) is 4.00. The zero-order valence-electron chi connectivity index (χ0n) is 15.4. The van der Waals surface area contributed by atoms with Crippen LogP contribution in [0.5, 0.6) is 0 Å². The second kappa shape index (κ2) is 8.06. The molecule has 0 saturated carbocycles. The average molecular weight is 437 g/mol. The molecule has 1 amide bonds. The lowest BCUT2D eigenvalue weighted by atomic mass is 10.0. The maximum Gasteiger partial charge on any atom is 0.434 e. The smallest absolute Gasteiger partial charge is 0.378 e. The summed E-state index contributed by atoms with van der Waals surface area (Å²) in [6.07, 6.45) is -4.37. The number of nitrogen functional groups attached to an aromatic ring is 1. The number of alkyl halides is 3. The SMILES string of the molecule is CCc1nc(C(F)(F)F)c(-c2ccccc2C(=O)Nc2ccc([N+](=O)[O-])c(N)n2)s1. The van der Waals surface area contributed by atoms with E-state index < -0.39 is 34.2 Å². The van der Waals surface area contributed by atoms with Gasteiger partial charge in [-0.25, -0.2) is 9.97 Å². The van der Waals surface area contributed by atoms with Crippen LogP contribution in [0.2, 0.25) is 0 Å². The number of nitrogens with one attached hydrogen (secondary N) is 1. The third kappa shape index (κ3) is 4.22. The van der Waals surface area contributed by atoms with Crippen LogP contribution in [0.1, 0.15) is 28.0 Å². The fourth-order valence-corrected chi connectivity index (χ4v) is 3.71. The summed E-state index contributed by atoms with van der Waals surface area (Å²) in [4.78, 5) is 30.1. The summed E-state index contributed by atoms with van der Waals surface area (Å²) < 4.78 is 40.4. The lowest BCUT2D eigenvalue weighted by Crippen LogP contribution is -2.15. The summed E-state index contributed by atoms with van der Waals surface area (Å²) in [5.41, 5.74) is 4.05. The number of benzene rings is 1. The zero-order chi connectivity index (χ0) is 22.1. The van der Waals surface area contributed by atoms with Crippen molar-refractivity contribution < 1.29 is 22.9 Å². The maximum atomic E-state index is 13.5. The quantitative estimate of drug-likeness (QED) is 0.446. The number of amides is 1. The molecule has 0 radical (unpaired) electrons. The van der Waals surface area contributed by atoms with Crippen LogP contribution in [0.15, 0.2) is 36.4 Å². The van der Waals surface area contributed by atoms with Gasteiger partial charge in [-0.3, -0.25) is 14.9 Å². The van der Waals surface area contributed by atoms with Gasteiger partial charge in [-0.1, -0.05) is 25.1 Å². The number of anilines is 2. The Balaban J connectivity index is 2.01. The number of nitrogens with zero attached hydrogens (tertiary/aromatic N) is 3. The van der Waals surface area contributed by atoms with Crippen LogP contribution in [0, 0.1) is 10.1 Å². The number of thiazole rings is 1. The molecule has 1 aromatic carbocycles. The number of hydrogen-bond acceptors (Lipinski definition) is 7. The molecular weight excluding hydrogens is 423 g/mol. The molecule has 0 aliphatic rings. The molecule has 3 aromatic rings. The van der Waals surface area contributed by atoms with Gasteiger partial charge in [0.15, 0.2) is 5.69 Å². The first-order valence-corrected chi connectivity index (χ1v) is 9.32. The minimum absolute atomic E-state index is 0.0342. The van der Waals surface area contributed by atoms with E-state index in [1.54, 1.807) is 6.92 Å². The van der Waals surface area contributed by atoms with Crippen LogP contribution in [0.4, 0.5) is 30.5 Å². The van der Waals surface area contributed by atoms with Crippen molar-refractivity contribution in [1.29, 1.82) is 0 Å². The van der Waals surface area contributed by atoms with Crippen molar-refractivity contribution in [2.24, 2.45) is 0 Å². The van der Waals surface area contributed by atoms with E-state index in [-0.39, 0.29) is 26.8 Å². The number of carbonyl (C=O) groups excluding carboxylic acids is 1. The fourth-order valence-electron chi connectivity index (χ4n) is 2.64. The van der Waals surface area contributed by atoms with Crippen LogP contribution >= 0.6 is 11.3 Å². The van der Waals surface area contributed by atoms with Gasteiger partial charge < -0.3 is 11.1 Å². The van der Waals surface area contributed by atoms with Gasteiger partial charge >= 0.3 is 11.9 Å². The van der Waals surface area contributed by atoms with Gasteiger partial charge in [-0.2, -0.15) is 13.2 Å². The molecular formula is C18H14F3N5O3S. The van der Waals surface area contributed by atoms with Crippen molar-refractivity contribution in [1.82, 2.24) is 9.97 Å². The van der Waals surface area contributed by atoms with Crippen molar-refractivity contribution in [3.05, 3.63) is 62.8 Å². The van der Waals surface area contributed by atoms with E-state index in [0.717, 1.165) is 17.4 Å². The number of carbonyl (C=O) groups is 1. The zero-order valence-corrected chi connectivity index (χ0v) is 16.2. The molecule has 0 saturated heterocycles. The molecule has 30 heavy (non-hydrogen) atoms. The predicted molar refractivity (Wildman–Crippen MR) is 105 cm³/mol. The molecule has 0 bridgehead atoms. The molecule has 3 rings (SSSR count). The Morgan fingerprint density at radius 2 is 1.93 bits per heavy atom. The highest BCUT2D eigenvalue weighted by molar-refractivity contribution is 7.15. The Labute approximate surface area is 171 Å². The van der Waals surface area contributed by atoms with E-state index in [9.17, 15) is 28.1 Å². The molecule has 156 valence electrons. The molecule has 3 N–H and O–H groups in total. The third-order valence-corrected chi connectivity index (χ3v) is 5.23. The van der Waals surface area contributed by atoms with E-state index in [1.165, 1.54) is 30.3 Å². The van der Waals surface area contributed by atoms with Gasteiger partial charge in [0, 0.05) is 17.2 Å². The van der Waals surface area contributed by atoms with E-state index in [4.69, 9.17) is 5.73 Å². The largest absolute Gasteiger partial charge is 0.434 e. The Bertz CT molecular complexity index is 1130. The van der Waals surface area contributed by atoms with E-state index in [2.05, 4.69) is 15.3 Å². The van der Waals surface area contributed by atoms with Gasteiger partial charge in [0.05, 0.1) is 14.8 Å². The van der Waals surface area contributed by atoms with Crippen molar-refractivity contribution in [2.75, 3.05) is 11.1 Å². The molecule has 0 fully saturated rings. The van der Waals surface area contributed by atoms with Gasteiger partial charge in [0.1, 0.15) is 5.82 Å². The number of aromatic nitrogens is 2. The Hall–Kier alpha value is -3.54. The Morgan fingerprint density at radius 1 is 1.23 bits per heavy atom. The van der Waals surface area contributed by atoms with Crippen molar-refractivity contribution in [2.45, 2.75) is 19.5 Å². The highest BCUT2D eigenvalue weighted by atomic mass is 32.1. The summed E-state index contributed by atoms with van der Waals surface area (Å²) in [5, 5.41) is 13.5. The van der Waals surface area contributed by atoms with Crippen LogP contribution in [-0.2, 0) is 12.6 Å². The number of aryl methyl sites for hydroxylation is 1. The van der Waals surface area contributed by atoms with Crippen LogP contribution in [-0.4, -0.2) is 20.8 Å². The number of nitrogens with two attached hydrogens (primary N) is 1. The van der Waals surface area contributed by atoms with Crippen LogP contribution in [0.3, 0.4) is 0 Å². The molecule has 0 aliphatic heterocycles. The number of nitro groups is 1. The number of pyridine rings is 1. The fraction of sp³-hybridized carbons (Fsp3) is 0.167. The topological polar surface area (TPSA) is 124 Å². The molecule has 0 atom stereocenters. The van der Waals surface area contributed by atoms with Crippen molar-refractivity contribution in [3.63, 3.8) is 0 Å². The monoisotopic (exact) mass is 437 g/mol. The first-order chi connectivity index (χ1) is 14.1. The minimum Gasteiger partial charge on any atom is -0.378 e. The van der Waals surface area contributed by atoms with E-state index >= 15 is 0 Å². The summed E-state index contributed by atoms with van der Waals surface area (Å²) in [5.74, 6) is -1.22. The van der Waals surface area contributed by atoms with Crippen LogP contribution in [0.25, 0.3) is 10.4 Å². The molecule has 0 aliphatic carbocycles. The summed E-state index contributed by atoms with van der Waals surface area (Å²) >= 11 is 0.863. The standard InChI is InChI=1S/C18H14F3N5O3S/c1-2-13-25-15(18(19,20)21)14(30-13)9-5-3-4-6-10(9)17(27)24-12-8-7-11(26(28)29)16(22)23-12/h3-8H,2H2,1H3,(H3,22,23,24,27). The van der Waals surface area contributed by atoms with Crippen molar-refractivity contribution in [3.8, 4) is 10.4 Å². The summed E-state index contributed by atoms with van der Waals surface area (Å²) in [6.45, 7) is 1.69. The predicted octanol–water partition coefficient (Wildman–Crippen LogP) is 4.53. The normalized spacial score (nSPS) is 11.3. The van der Waals surface area contributed by atoms with Gasteiger partial charge in [0.2, 0.25) is 5.82 Å². The summed E-state index contributed by atoms with van der Waals surface area (Å²) in [7, 11) is 0. The number of halogens is 3. The molecule has 0 spiro atoms. The summed E-state index contributed by atoms with van der Waals surface area (Å²) in [6, 6.07) is 8.03. The number of hydrogen-bond donors (Lipinski definition) is 2. The Kier molecular flexibility index (Phi) is 5.69. The minimum atomic E-state index is -4.68. The van der Waals surface area contributed by atoms with Gasteiger partial charge in [-0.05, 0) is 18.6 Å². The van der Waals surface area contributed by atoms with E-state index in [0.29, 0.717) is 6.42 Å². The highest BCUT2D eigenvalue weighted by Gasteiger charge is 2.38. The van der Waals surface area contributed by atoms with Gasteiger partial charge in [-0.15, -0.1) is 11.3 Å². The molecule has 12 heteroatoms. The molecule has 2 heterocycles. The second-order valence-corrected chi connectivity index (χ2v) is 7.08. The van der Waals surface area contributed by atoms with Gasteiger partial charge in [0.25, 0.3) is 5.91 Å². The highest BCUT2D eigenvalue weighted by Crippen LogP contribution is 2.41. The second-order valence-electron chi connectivity index (χ2n) is 5.99. The first kappa shape index (κ1) is 21.2. The maximum absolute atomic E-state index is 13.5. The average Bonchev–Trinajstić information content (AvgIpc) is 3.12. The molecule has 0 unspecified atom stereocenters. The Morgan fingerprint density at radius 3 is 2.53 bits per heavy atom. The van der Waals surface area contributed by atoms with E-state index in [1.807, 2.05) is 0 Å².